The molecule has 8 heteroatoms. The Kier molecular flexibility index (Phi) is 4.76. The fourth-order valence-corrected chi connectivity index (χ4v) is 2.10. The summed E-state index contributed by atoms with van der Waals surface area (Å²) in [5.41, 5.74) is 0.247. The van der Waals surface area contributed by atoms with Gasteiger partial charge in [-0.25, -0.2) is 9.37 Å². The van der Waals surface area contributed by atoms with E-state index in [4.69, 9.17) is 16.3 Å². The van der Waals surface area contributed by atoms with Crippen LogP contribution in [0.3, 0.4) is 0 Å². The summed E-state index contributed by atoms with van der Waals surface area (Å²) in [6.45, 7) is 0. The van der Waals surface area contributed by atoms with Crippen molar-refractivity contribution in [1.82, 2.24) is 9.97 Å². The monoisotopic (exact) mass is 359 g/mol. The van der Waals surface area contributed by atoms with Gasteiger partial charge in [-0.05, 0) is 48.5 Å². The number of halogens is 2. The molecule has 2 N–H and O–H groups in total. The minimum atomic E-state index is -0.504. The van der Waals surface area contributed by atoms with Crippen molar-refractivity contribution in [3.63, 3.8) is 0 Å². The number of nitrogens with one attached hydrogen (secondary N) is 1. The number of nitrogens with zero attached hydrogens (tertiary/aromatic N) is 2. The van der Waals surface area contributed by atoms with Crippen LogP contribution in [0.25, 0.3) is 0 Å². The predicted octanol–water partition coefficient (Wildman–Crippen LogP) is 4.02. The second-order valence-electron chi connectivity index (χ2n) is 4.90. The van der Waals surface area contributed by atoms with Gasteiger partial charge < -0.3 is 15.2 Å². The van der Waals surface area contributed by atoms with Gasteiger partial charge in [0, 0.05) is 5.56 Å². The highest BCUT2D eigenvalue weighted by Crippen LogP contribution is 2.32. The Morgan fingerprint density at radius 1 is 1.08 bits per heavy atom. The summed E-state index contributed by atoms with van der Waals surface area (Å²) in [6.07, 6.45) is 1.18. The summed E-state index contributed by atoms with van der Waals surface area (Å²) >= 11 is 6.17. The molecular weight excluding hydrogens is 349 g/mol. The maximum atomic E-state index is 12.9. The van der Waals surface area contributed by atoms with Crippen molar-refractivity contribution in [3.8, 4) is 17.4 Å². The number of hydrogen-bond donors (Lipinski definition) is 2. The molecular formula is C17H11ClFN3O3. The molecule has 0 aliphatic carbocycles. The second-order valence-corrected chi connectivity index (χ2v) is 5.28. The minimum Gasteiger partial charge on any atom is -0.508 e. The molecule has 0 aliphatic rings. The molecule has 25 heavy (non-hydrogen) atoms. The van der Waals surface area contributed by atoms with E-state index in [1.54, 1.807) is 0 Å². The zero-order chi connectivity index (χ0) is 17.8. The lowest BCUT2D eigenvalue weighted by atomic mass is 10.2. The van der Waals surface area contributed by atoms with E-state index in [1.165, 1.54) is 54.9 Å². The van der Waals surface area contributed by atoms with Gasteiger partial charge in [-0.3, -0.25) is 4.79 Å². The molecule has 0 unspecified atom stereocenters. The van der Waals surface area contributed by atoms with E-state index in [0.717, 1.165) is 0 Å². The van der Waals surface area contributed by atoms with Gasteiger partial charge in [0.05, 0.1) is 0 Å². The lowest BCUT2D eigenvalue weighted by molar-refractivity contribution is 0.102. The molecule has 3 aromatic rings. The summed E-state index contributed by atoms with van der Waals surface area (Å²) in [5, 5.41) is 11.8. The van der Waals surface area contributed by atoms with E-state index in [1.807, 2.05) is 0 Å². The topological polar surface area (TPSA) is 84.3 Å². The van der Waals surface area contributed by atoms with Gasteiger partial charge in [0.15, 0.2) is 5.82 Å². The number of aromatic hydroxyl groups is 1. The van der Waals surface area contributed by atoms with E-state index >= 15 is 0 Å². The fourth-order valence-electron chi connectivity index (χ4n) is 1.92. The van der Waals surface area contributed by atoms with Gasteiger partial charge in [0.2, 0.25) is 5.88 Å². The first kappa shape index (κ1) is 16.7. The number of phenols is 1. The van der Waals surface area contributed by atoms with Crippen LogP contribution >= 0.6 is 11.6 Å². The van der Waals surface area contributed by atoms with Gasteiger partial charge in [0.25, 0.3) is 5.91 Å². The fraction of sp³-hybridized carbons (Fsp3) is 0. The van der Waals surface area contributed by atoms with Crippen molar-refractivity contribution in [2.75, 3.05) is 5.32 Å². The number of anilines is 1. The zero-order valence-corrected chi connectivity index (χ0v) is 13.4. The van der Waals surface area contributed by atoms with E-state index < -0.39 is 11.7 Å². The molecule has 1 heterocycles. The highest BCUT2D eigenvalue weighted by Gasteiger charge is 2.15. The Labute approximate surface area is 146 Å². The van der Waals surface area contributed by atoms with Crippen LogP contribution in [0.1, 0.15) is 10.4 Å². The Balaban J connectivity index is 1.79. The van der Waals surface area contributed by atoms with Crippen LogP contribution in [0.2, 0.25) is 5.02 Å². The Morgan fingerprint density at radius 3 is 2.44 bits per heavy atom. The van der Waals surface area contributed by atoms with Crippen LogP contribution in [0.15, 0.2) is 54.9 Å². The second kappa shape index (κ2) is 7.14. The first-order chi connectivity index (χ1) is 12.0. The van der Waals surface area contributed by atoms with Crippen molar-refractivity contribution in [2.24, 2.45) is 0 Å². The van der Waals surface area contributed by atoms with E-state index in [-0.39, 0.29) is 28.0 Å². The molecule has 0 aliphatic heterocycles. The van der Waals surface area contributed by atoms with Gasteiger partial charge in [-0.2, -0.15) is 4.98 Å². The van der Waals surface area contributed by atoms with Crippen LogP contribution in [0.4, 0.5) is 10.2 Å². The average Bonchev–Trinajstić information content (AvgIpc) is 2.61. The molecule has 0 fully saturated rings. The SMILES string of the molecule is O=C(Nc1ncnc(Oc2ccc(O)cc2)c1Cl)c1ccc(F)cc1. The van der Waals surface area contributed by atoms with Crippen molar-refractivity contribution < 1.29 is 19.0 Å². The summed E-state index contributed by atoms with van der Waals surface area (Å²) in [4.78, 5) is 20.0. The number of aromatic nitrogens is 2. The summed E-state index contributed by atoms with van der Waals surface area (Å²) in [6, 6.07) is 11.0. The molecule has 0 saturated heterocycles. The number of hydrogen-bond acceptors (Lipinski definition) is 5. The molecule has 0 atom stereocenters. The molecule has 0 radical (unpaired) electrons. The van der Waals surface area contributed by atoms with Crippen molar-refractivity contribution >= 4 is 23.3 Å². The highest BCUT2D eigenvalue weighted by molar-refractivity contribution is 6.34. The van der Waals surface area contributed by atoms with Gasteiger partial charge in [-0.1, -0.05) is 11.6 Å². The first-order valence-corrected chi connectivity index (χ1v) is 7.45. The Morgan fingerprint density at radius 2 is 1.76 bits per heavy atom. The number of ether oxygens (including phenoxy) is 1. The molecule has 0 bridgehead atoms. The highest BCUT2D eigenvalue weighted by atomic mass is 35.5. The van der Waals surface area contributed by atoms with E-state index in [2.05, 4.69) is 15.3 Å². The first-order valence-electron chi connectivity index (χ1n) is 7.07. The summed E-state index contributed by atoms with van der Waals surface area (Å²) in [7, 11) is 0. The number of rotatable bonds is 4. The summed E-state index contributed by atoms with van der Waals surface area (Å²) < 4.78 is 18.4. The predicted molar refractivity (Wildman–Crippen MR) is 89.6 cm³/mol. The maximum Gasteiger partial charge on any atom is 0.256 e. The Hall–Kier alpha value is -3.19. The quantitative estimate of drug-likeness (QED) is 0.735. The molecule has 1 aromatic heterocycles. The van der Waals surface area contributed by atoms with Crippen LogP contribution in [-0.4, -0.2) is 21.0 Å². The number of carbonyl (C=O) groups excluding carboxylic acids is 1. The molecule has 0 spiro atoms. The van der Waals surface area contributed by atoms with Crippen LogP contribution in [0.5, 0.6) is 17.4 Å². The third-order valence-corrected chi connectivity index (χ3v) is 3.49. The van der Waals surface area contributed by atoms with Crippen LogP contribution in [0, 0.1) is 5.82 Å². The third-order valence-electron chi connectivity index (χ3n) is 3.15. The lowest BCUT2D eigenvalue weighted by Crippen LogP contribution is -2.13. The van der Waals surface area contributed by atoms with Gasteiger partial charge in [-0.15, -0.1) is 0 Å². The van der Waals surface area contributed by atoms with Crippen LogP contribution in [-0.2, 0) is 0 Å². The maximum absolute atomic E-state index is 12.9. The van der Waals surface area contributed by atoms with Crippen molar-refractivity contribution in [2.45, 2.75) is 0 Å². The lowest BCUT2D eigenvalue weighted by Gasteiger charge is -2.10. The molecule has 2 aromatic carbocycles. The van der Waals surface area contributed by atoms with Gasteiger partial charge >= 0.3 is 0 Å². The largest absolute Gasteiger partial charge is 0.508 e. The molecule has 0 saturated carbocycles. The van der Waals surface area contributed by atoms with Crippen molar-refractivity contribution in [1.29, 1.82) is 0 Å². The molecule has 1 amide bonds. The minimum absolute atomic E-state index is 0.00559. The summed E-state index contributed by atoms with van der Waals surface area (Å²) in [5.74, 6) is -0.364. The number of amides is 1. The number of benzene rings is 2. The molecule has 3 rings (SSSR count). The number of phenolic OH excluding ortho intramolecular Hbond substituents is 1. The van der Waals surface area contributed by atoms with E-state index in [9.17, 15) is 14.3 Å². The third kappa shape index (κ3) is 4.02. The average molecular weight is 360 g/mol. The van der Waals surface area contributed by atoms with Gasteiger partial charge in [0.1, 0.15) is 28.7 Å². The smallest absolute Gasteiger partial charge is 0.256 e. The normalized spacial score (nSPS) is 10.3. The zero-order valence-electron chi connectivity index (χ0n) is 12.6. The van der Waals surface area contributed by atoms with Crippen LogP contribution < -0.4 is 10.1 Å². The van der Waals surface area contributed by atoms with Crippen molar-refractivity contribution in [3.05, 3.63) is 71.3 Å². The number of carbonyl (C=O) groups is 1. The Bertz CT molecular complexity index is 902. The van der Waals surface area contributed by atoms with E-state index in [0.29, 0.717) is 5.75 Å². The molecule has 126 valence electrons. The molecule has 6 nitrogen and oxygen atoms in total. The standard InChI is InChI=1S/C17H11ClFN3O3/c18-14-15(22-16(24)10-1-3-11(19)4-2-10)20-9-21-17(14)25-13-7-5-12(23)6-8-13/h1-9,23H,(H,20,21,22,24).